The molecule has 3 aromatic heterocycles. The molecule has 0 radical (unpaired) electrons. The number of pyridine rings is 1. The zero-order valence-electron chi connectivity index (χ0n) is 16.5. The summed E-state index contributed by atoms with van der Waals surface area (Å²) in [6.45, 7) is 3.39. The van der Waals surface area contributed by atoms with E-state index in [1.807, 2.05) is 12.1 Å². The van der Waals surface area contributed by atoms with E-state index in [0.717, 1.165) is 18.4 Å². The van der Waals surface area contributed by atoms with Gasteiger partial charge in [0.05, 0.1) is 16.7 Å². The number of carbonyl (C=O) groups excluding carboxylic acids is 1. The summed E-state index contributed by atoms with van der Waals surface area (Å²) in [7, 11) is 1.66. The van der Waals surface area contributed by atoms with Crippen LogP contribution < -0.4 is 0 Å². The van der Waals surface area contributed by atoms with E-state index < -0.39 is 5.41 Å². The van der Waals surface area contributed by atoms with Crippen molar-refractivity contribution >= 4 is 5.91 Å². The van der Waals surface area contributed by atoms with Crippen LogP contribution >= 0.6 is 0 Å². The number of amides is 1. The molecule has 0 spiro atoms. The zero-order valence-corrected chi connectivity index (χ0v) is 16.5. The van der Waals surface area contributed by atoms with E-state index in [1.165, 1.54) is 6.39 Å². The van der Waals surface area contributed by atoms with Crippen molar-refractivity contribution in [1.29, 1.82) is 0 Å². The number of aromatic nitrogens is 4. The van der Waals surface area contributed by atoms with Crippen LogP contribution in [0.2, 0.25) is 0 Å². The summed E-state index contributed by atoms with van der Waals surface area (Å²) in [5, 5.41) is 4.27. The number of nitrogens with zero attached hydrogens (tertiary/aromatic N) is 5. The van der Waals surface area contributed by atoms with Gasteiger partial charge >= 0.3 is 0 Å². The first kappa shape index (κ1) is 19.3. The Kier molecular flexibility index (Phi) is 5.39. The molecule has 1 aliphatic rings. The van der Waals surface area contributed by atoms with Crippen molar-refractivity contribution in [2.75, 3.05) is 26.8 Å². The topological polar surface area (TPSA) is 107 Å². The molecule has 1 saturated heterocycles. The molecule has 1 amide bonds. The van der Waals surface area contributed by atoms with E-state index >= 15 is 0 Å². The minimum Gasteiger partial charge on any atom is -0.438 e. The first-order valence-corrected chi connectivity index (χ1v) is 9.56. The smallest absolute Gasteiger partial charge is 0.291 e. The molecule has 0 saturated carbocycles. The Morgan fingerprint density at radius 2 is 2.31 bits per heavy atom. The van der Waals surface area contributed by atoms with Crippen molar-refractivity contribution in [3.8, 4) is 11.5 Å². The number of methoxy groups -OCH3 is 1. The Balaban J connectivity index is 1.64. The van der Waals surface area contributed by atoms with Gasteiger partial charge in [-0.15, -0.1) is 0 Å². The summed E-state index contributed by atoms with van der Waals surface area (Å²) < 4.78 is 16.2. The molecule has 1 unspecified atom stereocenters. The fourth-order valence-corrected chi connectivity index (χ4v) is 3.80. The van der Waals surface area contributed by atoms with Gasteiger partial charge in [-0.05, 0) is 38.3 Å². The number of rotatable bonds is 6. The highest BCUT2D eigenvalue weighted by Gasteiger charge is 2.43. The van der Waals surface area contributed by atoms with E-state index in [-0.39, 0.29) is 11.7 Å². The SMILES string of the molecule is COCCC1(c2noc(-c3cccnc3)n2)CCCN(C(=O)c2ocnc2C)C1. The number of ether oxygens (including phenoxy) is 1. The predicted molar refractivity (Wildman–Crippen MR) is 102 cm³/mol. The highest BCUT2D eigenvalue weighted by atomic mass is 16.5. The van der Waals surface area contributed by atoms with Gasteiger partial charge in [0.2, 0.25) is 5.76 Å². The normalized spacial score (nSPS) is 19.4. The van der Waals surface area contributed by atoms with Gasteiger partial charge in [-0.25, -0.2) is 4.98 Å². The molecule has 1 aliphatic heterocycles. The maximum Gasteiger partial charge on any atom is 0.291 e. The van der Waals surface area contributed by atoms with Gasteiger partial charge in [-0.1, -0.05) is 5.16 Å². The number of oxazole rings is 1. The van der Waals surface area contributed by atoms with Gasteiger partial charge in [-0.2, -0.15) is 4.98 Å². The van der Waals surface area contributed by atoms with Gasteiger partial charge in [0.25, 0.3) is 11.8 Å². The molecule has 29 heavy (non-hydrogen) atoms. The van der Waals surface area contributed by atoms with Crippen LogP contribution in [0.4, 0.5) is 0 Å². The molecule has 1 atom stereocenters. The Morgan fingerprint density at radius 3 is 3.03 bits per heavy atom. The zero-order chi connectivity index (χ0) is 20.3. The van der Waals surface area contributed by atoms with E-state index in [2.05, 4.69) is 20.1 Å². The van der Waals surface area contributed by atoms with Crippen molar-refractivity contribution in [3.63, 3.8) is 0 Å². The molecule has 152 valence electrons. The van der Waals surface area contributed by atoms with E-state index in [4.69, 9.17) is 13.7 Å². The van der Waals surface area contributed by atoms with Gasteiger partial charge in [-0.3, -0.25) is 9.78 Å². The molecular formula is C20H23N5O4. The second kappa shape index (κ2) is 8.12. The van der Waals surface area contributed by atoms with Crippen LogP contribution in [0.25, 0.3) is 11.5 Å². The Hall–Kier alpha value is -3.07. The maximum absolute atomic E-state index is 13.0. The van der Waals surface area contributed by atoms with Crippen LogP contribution in [0.1, 0.15) is 41.3 Å². The maximum atomic E-state index is 13.0. The molecule has 3 aromatic rings. The lowest BCUT2D eigenvalue weighted by atomic mass is 9.76. The fourth-order valence-electron chi connectivity index (χ4n) is 3.80. The standard InChI is InChI=1S/C20H23N5O4/c1-14-16(28-13-22-14)18(26)25-9-4-6-20(12-25,7-10-27-2)19-23-17(29-24-19)15-5-3-8-21-11-15/h3,5,8,11,13H,4,6-7,9-10,12H2,1-2H3. The molecule has 9 heteroatoms. The molecule has 0 aliphatic carbocycles. The summed E-state index contributed by atoms with van der Waals surface area (Å²) in [6, 6.07) is 3.69. The lowest BCUT2D eigenvalue weighted by molar-refractivity contribution is 0.0537. The fraction of sp³-hybridized carbons (Fsp3) is 0.450. The van der Waals surface area contributed by atoms with E-state index in [1.54, 1.807) is 31.3 Å². The van der Waals surface area contributed by atoms with E-state index in [0.29, 0.717) is 43.5 Å². The van der Waals surface area contributed by atoms with Crippen LogP contribution in [0.15, 0.2) is 39.9 Å². The van der Waals surface area contributed by atoms with Gasteiger partial charge in [0.15, 0.2) is 12.2 Å². The monoisotopic (exact) mass is 397 g/mol. The Labute approximate surface area is 168 Å². The minimum absolute atomic E-state index is 0.169. The average Bonchev–Trinajstić information content (AvgIpc) is 3.42. The second-order valence-electron chi connectivity index (χ2n) is 7.29. The van der Waals surface area contributed by atoms with Gasteiger partial charge in [0, 0.05) is 39.2 Å². The Bertz CT molecular complexity index is 970. The second-order valence-corrected chi connectivity index (χ2v) is 7.29. The molecule has 1 fully saturated rings. The Morgan fingerprint density at radius 1 is 1.41 bits per heavy atom. The van der Waals surface area contributed by atoms with Crippen molar-refractivity contribution in [3.05, 3.63) is 48.2 Å². The third-order valence-electron chi connectivity index (χ3n) is 5.40. The van der Waals surface area contributed by atoms with Crippen molar-refractivity contribution < 1.29 is 18.5 Å². The van der Waals surface area contributed by atoms with Gasteiger partial charge in [0.1, 0.15) is 0 Å². The first-order valence-electron chi connectivity index (χ1n) is 9.56. The highest BCUT2D eigenvalue weighted by Crippen LogP contribution is 2.37. The average molecular weight is 397 g/mol. The third kappa shape index (κ3) is 3.77. The van der Waals surface area contributed by atoms with Crippen LogP contribution in [-0.4, -0.2) is 57.7 Å². The molecular weight excluding hydrogens is 374 g/mol. The summed E-state index contributed by atoms with van der Waals surface area (Å²) in [5.41, 5.74) is 0.887. The van der Waals surface area contributed by atoms with Crippen LogP contribution in [-0.2, 0) is 10.2 Å². The van der Waals surface area contributed by atoms with Crippen molar-refractivity contribution in [1.82, 2.24) is 25.0 Å². The molecule has 9 nitrogen and oxygen atoms in total. The summed E-state index contributed by atoms with van der Waals surface area (Å²) >= 11 is 0. The summed E-state index contributed by atoms with van der Waals surface area (Å²) in [4.78, 5) is 27.6. The highest BCUT2D eigenvalue weighted by molar-refractivity contribution is 5.92. The number of piperidine rings is 1. The van der Waals surface area contributed by atoms with Crippen LogP contribution in [0, 0.1) is 6.92 Å². The molecule has 4 rings (SSSR count). The predicted octanol–water partition coefficient (Wildman–Crippen LogP) is 2.64. The van der Waals surface area contributed by atoms with Gasteiger partial charge < -0.3 is 18.6 Å². The lowest BCUT2D eigenvalue weighted by Gasteiger charge is -2.40. The number of likely N-dealkylation sites (tertiary alicyclic amines) is 1. The first-order chi connectivity index (χ1) is 14.1. The molecule has 0 aromatic carbocycles. The molecule has 4 heterocycles. The number of carbonyl (C=O) groups is 1. The number of aryl methyl sites for hydroxylation is 1. The molecule has 0 bridgehead atoms. The quantitative estimate of drug-likeness (QED) is 0.625. The van der Waals surface area contributed by atoms with Crippen molar-refractivity contribution in [2.24, 2.45) is 0 Å². The van der Waals surface area contributed by atoms with Crippen LogP contribution in [0.5, 0.6) is 0 Å². The number of hydrogen-bond acceptors (Lipinski definition) is 8. The summed E-state index contributed by atoms with van der Waals surface area (Å²) in [6.07, 6.45) is 7.00. The number of hydrogen-bond donors (Lipinski definition) is 0. The van der Waals surface area contributed by atoms with Crippen molar-refractivity contribution in [2.45, 2.75) is 31.6 Å². The summed E-state index contributed by atoms with van der Waals surface area (Å²) in [5.74, 6) is 1.11. The minimum atomic E-state index is -0.457. The molecule has 0 N–H and O–H groups in total. The largest absolute Gasteiger partial charge is 0.438 e. The van der Waals surface area contributed by atoms with Crippen LogP contribution in [0.3, 0.4) is 0 Å². The van der Waals surface area contributed by atoms with E-state index in [9.17, 15) is 4.79 Å². The lowest BCUT2D eigenvalue weighted by Crippen LogP contribution is -2.49. The third-order valence-corrected chi connectivity index (χ3v) is 5.40.